The van der Waals surface area contributed by atoms with Crippen LogP contribution in [0.3, 0.4) is 0 Å². The Balaban J connectivity index is 3.03. The van der Waals surface area contributed by atoms with Gasteiger partial charge >= 0.3 is 5.97 Å². The Morgan fingerprint density at radius 3 is 2.33 bits per heavy atom. The van der Waals surface area contributed by atoms with Crippen molar-refractivity contribution in [3.63, 3.8) is 0 Å². The average Bonchev–Trinajstić information content (AvgIpc) is 2.79. The SMILES string of the molecule is C#CCCC[C@H](O)C(C)(C)C(=O)N[C@H](C(=O)N(C)[C@@H](Cc1ccccc1)C(=O)OC)C(C)C. The molecule has 0 saturated carbocycles. The van der Waals surface area contributed by atoms with Gasteiger partial charge in [0, 0.05) is 19.9 Å². The summed E-state index contributed by atoms with van der Waals surface area (Å²) >= 11 is 0. The molecular weight excluding hydrogens is 420 g/mol. The number of amides is 2. The smallest absolute Gasteiger partial charge is 0.328 e. The van der Waals surface area contributed by atoms with E-state index in [1.807, 2.05) is 44.2 Å². The molecule has 0 aliphatic rings. The van der Waals surface area contributed by atoms with Crippen LogP contribution in [0.2, 0.25) is 0 Å². The average molecular weight is 459 g/mol. The highest BCUT2D eigenvalue weighted by molar-refractivity contribution is 5.92. The van der Waals surface area contributed by atoms with Crippen LogP contribution in [0, 0.1) is 23.7 Å². The number of benzene rings is 1. The number of hydrogen-bond donors (Lipinski definition) is 2. The second-order valence-electron chi connectivity index (χ2n) is 9.21. The van der Waals surface area contributed by atoms with E-state index in [-0.39, 0.29) is 12.3 Å². The molecule has 1 aromatic rings. The highest BCUT2D eigenvalue weighted by Gasteiger charge is 2.40. The maximum atomic E-state index is 13.4. The fourth-order valence-electron chi connectivity index (χ4n) is 3.48. The zero-order valence-electron chi connectivity index (χ0n) is 20.6. The Kier molecular flexibility index (Phi) is 11.1. The van der Waals surface area contributed by atoms with Crippen molar-refractivity contribution in [3.05, 3.63) is 35.9 Å². The summed E-state index contributed by atoms with van der Waals surface area (Å²) in [5.74, 6) is 0.907. The third-order valence-electron chi connectivity index (χ3n) is 6.00. The first-order valence-corrected chi connectivity index (χ1v) is 11.3. The van der Waals surface area contributed by atoms with Crippen LogP contribution in [0.5, 0.6) is 0 Å². The summed E-state index contributed by atoms with van der Waals surface area (Å²) in [5.41, 5.74) is -0.235. The number of unbranched alkanes of at least 4 members (excludes halogenated alkanes) is 1. The molecule has 0 aliphatic carbocycles. The van der Waals surface area contributed by atoms with E-state index in [0.29, 0.717) is 19.3 Å². The van der Waals surface area contributed by atoms with E-state index < -0.39 is 41.4 Å². The van der Waals surface area contributed by atoms with Crippen molar-refractivity contribution in [1.29, 1.82) is 0 Å². The molecule has 33 heavy (non-hydrogen) atoms. The van der Waals surface area contributed by atoms with Crippen LogP contribution in [0.1, 0.15) is 52.5 Å². The van der Waals surface area contributed by atoms with Gasteiger partial charge in [-0.05, 0) is 38.2 Å². The Morgan fingerprint density at radius 1 is 1.21 bits per heavy atom. The summed E-state index contributed by atoms with van der Waals surface area (Å²) in [5, 5.41) is 13.3. The van der Waals surface area contributed by atoms with Crippen molar-refractivity contribution in [2.24, 2.45) is 11.3 Å². The van der Waals surface area contributed by atoms with Crippen molar-refractivity contribution >= 4 is 17.8 Å². The van der Waals surface area contributed by atoms with Crippen molar-refractivity contribution in [1.82, 2.24) is 10.2 Å². The number of terminal acetylenes is 1. The number of methoxy groups -OCH3 is 1. The summed E-state index contributed by atoms with van der Waals surface area (Å²) < 4.78 is 4.94. The molecular formula is C26H38N2O5. The lowest BCUT2D eigenvalue weighted by molar-refractivity contribution is -0.153. The minimum atomic E-state index is -1.12. The third-order valence-corrected chi connectivity index (χ3v) is 6.00. The number of aliphatic hydroxyl groups excluding tert-OH is 1. The van der Waals surface area contributed by atoms with Gasteiger partial charge in [0.15, 0.2) is 0 Å². The van der Waals surface area contributed by atoms with E-state index in [0.717, 1.165) is 5.56 Å². The lowest BCUT2D eigenvalue weighted by Gasteiger charge is -2.35. The fraction of sp³-hybridized carbons (Fsp3) is 0.577. The summed E-state index contributed by atoms with van der Waals surface area (Å²) in [6, 6.07) is 7.63. The van der Waals surface area contributed by atoms with E-state index in [1.165, 1.54) is 19.1 Å². The molecule has 0 aliphatic heterocycles. The zero-order valence-corrected chi connectivity index (χ0v) is 20.6. The van der Waals surface area contributed by atoms with Gasteiger partial charge in [-0.15, -0.1) is 12.3 Å². The Labute approximate surface area is 197 Å². The van der Waals surface area contributed by atoms with Crippen LogP contribution in [-0.4, -0.2) is 60.1 Å². The van der Waals surface area contributed by atoms with E-state index in [1.54, 1.807) is 13.8 Å². The predicted octanol–water partition coefficient (Wildman–Crippen LogP) is 2.56. The van der Waals surface area contributed by atoms with Gasteiger partial charge in [-0.1, -0.05) is 44.2 Å². The number of carbonyl (C=O) groups excluding carboxylic acids is 3. The Bertz CT molecular complexity index is 829. The van der Waals surface area contributed by atoms with Crippen LogP contribution in [0.4, 0.5) is 0 Å². The molecule has 0 radical (unpaired) electrons. The van der Waals surface area contributed by atoms with E-state index >= 15 is 0 Å². The molecule has 182 valence electrons. The lowest BCUT2D eigenvalue weighted by atomic mass is 9.82. The number of nitrogens with zero attached hydrogens (tertiary/aromatic N) is 1. The van der Waals surface area contributed by atoms with Gasteiger partial charge < -0.3 is 20.1 Å². The Morgan fingerprint density at radius 2 is 1.82 bits per heavy atom. The number of likely N-dealkylation sites (N-methyl/N-ethyl adjacent to an activating group) is 1. The molecule has 0 saturated heterocycles. The first kappa shape index (κ1) is 28.2. The van der Waals surface area contributed by atoms with Gasteiger partial charge in [-0.2, -0.15) is 0 Å². The van der Waals surface area contributed by atoms with Crippen molar-refractivity contribution < 1.29 is 24.2 Å². The van der Waals surface area contributed by atoms with E-state index in [9.17, 15) is 19.5 Å². The maximum absolute atomic E-state index is 13.4. The third kappa shape index (κ3) is 7.90. The number of esters is 1. The summed E-state index contributed by atoms with van der Waals surface area (Å²) in [4.78, 5) is 40.3. The van der Waals surface area contributed by atoms with Crippen LogP contribution in [0.15, 0.2) is 30.3 Å². The molecule has 7 heteroatoms. The summed E-state index contributed by atoms with van der Waals surface area (Å²) in [6.45, 7) is 6.91. The van der Waals surface area contributed by atoms with Gasteiger partial charge in [0.1, 0.15) is 12.1 Å². The summed E-state index contributed by atoms with van der Waals surface area (Å²) in [7, 11) is 2.82. The normalized spacial score (nSPS) is 14.0. The molecule has 0 unspecified atom stereocenters. The number of hydrogen-bond acceptors (Lipinski definition) is 5. The lowest BCUT2D eigenvalue weighted by Crippen LogP contribution is -2.57. The number of aliphatic hydroxyl groups is 1. The van der Waals surface area contributed by atoms with Gasteiger partial charge in [0.25, 0.3) is 0 Å². The maximum Gasteiger partial charge on any atom is 0.328 e. The monoisotopic (exact) mass is 458 g/mol. The topological polar surface area (TPSA) is 95.9 Å². The molecule has 0 aromatic heterocycles. The van der Waals surface area contributed by atoms with Crippen LogP contribution in [0.25, 0.3) is 0 Å². The molecule has 0 fully saturated rings. The molecule has 0 heterocycles. The number of ether oxygens (including phenoxy) is 1. The summed E-state index contributed by atoms with van der Waals surface area (Å²) in [6.07, 6.45) is 6.14. The van der Waals surface area contributed by atoms with Gasteiger partial charge in [0.2, 0.25) is 11.8 Å². The second-order valence-corrected chi connectivity index (χ2v) is 9.21. The molecule has 0 bridgehead atoms. The Hall–Kier alpha value is -2.85. The van der Waals surface area contributed by atoms with Crippen LogP contribution >= 0.6 is 0 Å². The fourth-order valence-corrected chi connectivity index (χ4v) is 3.48. The molecule has 1 aromatic carbocycles. The van der Waals surface area contributed by atoms with Crippen LogP contribution < -0.4 is 5.32 Å². The standard InChI is InChI=1S/C26H38N2O5/c1-8-9-11-16-21(29)26(4,5)25(32)27-22(18(2)3)23(30)28(6)20(24(31)33-7)17-19-14-12-10-13-15-19/h1,10,12-15,18,20-22,29H,9,11,16-17H2,2-7H3,(H,27,32)/t20-,21-,22-/m0/s1. The van der Waals surface area contributed by atoms with Gasteiger partial charge in [-0.25, -0.2) is 4.79 Å². The van der Waals surface area contributed by atoms with Crippen molar-refractivity contribution in [2.75, 3.05) is 14.2 Å². The number of nitrogens with one attached hydrogen (secondary N) is 1. The predicted molar refractivity (Wildman–Crippen MR) is 128 cm³/mol. The van der Waals surface area contributed by atoms with Crippen molar-refractivity contribution in [2.45, 2.75) is 71.6 Å². The van der Waals surface area contributed by atoms with Crippen LogP contribution in [-0.2, 0) is 25.5 Å². The molecule has 2 amide bonds. The minimum absolute atomic E-state index is 0.242. The second kappa shape index (κ2) is 13.0. The van der Waals surface area contributed by atoms with Gasteiger partial charge in [0.05, 0.1) is 18.6 Å². The van der Waals surface area contributed by atoms with Gasteiger partial charge in [-0.3, -0.25) is 9.59 Å². The molecule has 7 nitrogen and oxygen atoms in total. The quantitative estimate of drug-likeness (QED) is 0.285. The first-order chi connectivity index (χ1) is 15.5. The first-order valence-electron chi connectivity index (χ1n) is 11.3. The number of rotatable bonds is 12. The zero-order chi connectivity index (χ0) is 25.2. The van der Waals surface area contributed by atoms with E-state index in [4.69, 9.17) is 11.2 Å². The molecule has 0 spiro atoms. The molecule has 3 atom stereocenters. The number of carbonyl (C=O) groups is 3. The molecule has 1 rings (SSSR count). The van der Waals surface area contributed by atoms with Crippen molar-refractivity contribution in [3.8, 4) is 12.3 Å². The minimum Gasteiger partial charge on any atom is -0.467 e. The highest BCUT2D eigenvalue weighted by Crippen LogP contribution is 2.26. The van der Waals surface area contributed by atoms with E-state index in [2.05, 4.69) is 11.2 Å². The largest absolute Gasteiger partial charge is 0.467 e. The highest BCUT2D eigenvalue weighted by atomic mass is 16.5. The molecule has 2 N–H and O–H groups in total.